The number of para-hydroxylation sites is 3. The predicted molar refractivity (Wildman–Crippen MR) is 190 cm³/mol. The normalized spacial score (nSPS) is 13.0. The van der Waals surface area contributed by atoms with Crippen molar-refractivity contribution in [3.8, 4) is 5.69 Å². The molecule has 0 bridgehead atoms. The van der Waals surface area contributed by atoms with E-state index in [0.717, 1.165) is 38.9 Å². The second kappa shape index (κ2) is 12.1. The summed E-state index contributed by atoms with van der Waals surface area (Å²) < 4.78 is 4.62. The smallest absolute Gasteiger partial charge is 0.423 e. The fraction of sp³-hybridized carbons (Fsp3) is 0.0769. The number of aromatic nitrogens is 2. The molecule has 0 fully saturated rings. The van der Waals surface area contributed by atoms with Gasteiger partial charge in [0.2, 0.25) is 0 Å². The third-order valence-electron chi connectivity index (χ3n) is 8.90. The predicted octanol–water partition coefficient (Wildman–Crippen LogP) is 7.18. The first-order valence-electron chi connectivity index (χ1n) is 15.6. The van der Waals surface area contributed by atoms with Crippen molar-refractivity contribution < 1.29 is 19.7 Å². The van der Waals surface area contributed by atoms with E-state index in [2.05, 4.69) is 89.0 Å². The van der Waals surface area contributed by atoms with Crippen LogP contribution in [0.5, 0.6) is 0 Å². The van der Waals surface area contributed by atoms with Crippen LogP contribution in [0.3, 0.4) is 0 Å². The molecule has 0 unspecified atom stereocenters. The lowest BCUT2D eigenvalue weighted by atomic mass is 9.80. The minimum Gasteiger partial charge on any atom is -0.423 e. The molecule has 0 amide bonds. The van der Waals surface area contributed by atoms with Crippen LogP contribution >= 0.6 is 0 Å². The van der Waals surface area contributed by atoms with E-state index >= 15 is 0 Å². The summed E-state index contributed by atoms with van der Waals surface area (Å²) in [5.74, 6) is 0. The zero-order valence-corrected chi connectivity index (χ0v) is 25.8. The Morgan fingerprint density at radius 2 is 1.02 bits per heavy atom. The van der Waals surface area contributed by atoms with E-state index in [9.17, 15) is 10.0 Å². The van der Waals surface area contributed by atoms with Crippen molar-refractivity contribution in [3.63, 3.8) is 0 Å². The Hall–Kier alpha value is -5.38. The molecule has 0 spiro atoms. The molecule has 0 saturated heterocycles. The molecule has 47 heavy (non-hydrogen) atoms. The molecule has 0 radical (unpaired) electrons. The SMILES string of the molecule is Cn1c2ccccc2c2c3c4ccccc4n(-c4ccccc4)c3c3c(c21)CON(c1ccc(B(O)O)cc1)OC3.c1ccccc1. The molecule has 0 aliphatic carbocycles. The Bertz CT molecular complexity index is 2320. The fourth-order valence-electron chi connectivity index (χ4n) is 6.81. The lowest BCUT2D eigenvalue weighted by Crippen LogP contribution is -2.30. The molecule has 7 nitrogen and oxygen atoms in total. The van der Waals surface area contributed by atoms with Crippen molar-refractivity contribution >= 4 is 61.9 Å². The summed E-state index contributed by atoms with van der Waals surface area (Å²) in [6.45, 7) is 0.587. The average molecular weight is 618 g/mol. The first-order chi connectivity index (χ1) is 23.1. The van der Waals surface area contributed by atoms with E-state index in [1.54, 1.807) is 24.3 Å². The monoisotopic (exact) mass is 617 g/mol. The van der Waals surface area contributed by atoms with Crippen LogP contribution in [0.1, 0.15) is 11.1 Å². The lowest BCUT2D eigenvalue weighted by molar-refractivity contribution is -0.0951. The summed E-state index contributed by atoms with van der Waals surface area (Å²) in [6.07, 6.45) is 0. The maximum absolute atomic E-state index is 9.53. The Kier molecular flexibility index (Phi) is 7.48. The minimum atomic E-state index is -1.53. The van der Waals surface area contributed by atoms with Crippen molar-refractivity contribution in [1.29, 1.82) is 0 Å². The molecule has 230 valence electrons. The van der Waals surface area contributed by atoms with Gasteiger partial charge < -0.3 is 19.2 Å². The highest BCUT2D eigenvalue weighted by Crippen LogP contribution is 2.45. The molecule has 1 aliphatic heterocycles. The minimum absolute atomic E-state index is 0.289. The van der Waals surface area contributed by atoms with Crippen LogP contribution in [-0.4, -0.2) is 26.3 Å². The lowest BCUT2D eigenvalue weighted by Gasteiger charge is -2.20. The Morgan fingerprint density at radius 3 is 1.64 bits per heavy atom. The summed E-state index contributed by atoms with van der Waals surface area (Å²) in [7, 11) is 0.586. The number of hydrogen-bond acceptors (Lipinski definition) is 5. The second-order valence-corrected chi connectivity index (χ2v) is 11.6. The van der Waals surface area contributed by atoms with Crippen molar-refractivity contribution in [2.24, 2.45) is 7.05 Å². The summed E-state index contributed by atoms with van der Waals surface area (Å²) >= 11 is 0. The first-order valence-corrected chi connectivity index (χ1v) is 15.6. The molecule has 0 atom stereocenters. The van der Waals surface area contributed by atoms with Crippen LogP contribution in [0, 0.1) is 0 Å². The topological polar surface area (TPSA) is 72.0 Å². The third kappa shape index (κ3) is 4.95. The van der Waals surface area contributed by atoms with E-state index in [0.29, 0.717) is 17.8 Å². The summed E-state index contributed by atoms with van der Waals surface area (Å²) in [4.78, 5) is 12.6. The number of fused-ring (bicyclic) bond motifs is 10. The van der Waals surface area contributed by atoms with Gasteiger partial charge in [-0.3, -0.25) is 0 Å². The number of aryl methyl sites for hydroxylation is 1. The third-order valence-corrected chi connectivity index (χ3v) is 8.90. The molecule has 3 heterocycles. The maximum Gasteiger partial charge on any atom is 0.488 e. The highest BCUT2D eigenvalue weighted by Gasteiger charge is 2.29. The Balaban J connectivity index is 0.000000489. The zero-order valence-electron chi connectivity index (χ0n) is 25.8. The zero-order chi connectivity index (χ0) is 31.9. The van der Waals surface area contributed by atoms with E-state index in [1.165, 1.54) is 26.8 Å². The average Bonchev–Trinajstić information content (AvgIpc) is 3.51. The van der Waals surface area contributed by atoms with Gasteiger partial charge in [-0.2, -0.15) is 0 Å². The van der Waals surface area contributed by atoms with Gasteiger partial charge in [0.15, 0.2) is 0 Å². The molecule has 8 heteroatoms. The van der Waals surface area contributed by atoms with Gasteiger partial charge in [0.25, 0.3) is 0 Å². The van der Waals surface area contributed by atoms with Crippen LogP contribution in [0.15, 0.2) is 140 Å². The standard InChI is InChI=1S/C33H26BN3O4.C6H6/c1-35-28-13-7-5-11-24(28)30-31-25-12-6-8-14-29(25)36(22-9-3-2-4-10-22)33(31)27-20-41-37(40-19-26(27)32(30)35)23-17-15-21(16-18-23)34(38)39;1-2-4-6-5-3-1/h2-18,38-39H,19-20H2,1H3;1-6H. The quantitative estimate of drug-likeness (QED) is 0.206. The van der Waals surface area contributed by atoms with Crippen molar-refractivity contribution in [2.75, 3.05) is 5.23 Å². The second-order valence-electron chi connectivity index (χ2n) is 11.6. The molecular weight excluding hydrogens is 585 g/mol. The molecule has 2 N–H and O–H groups in total. The summed E-state index contributed by atoms with van der Waals surface area (Å²) in [6, 6.07) is 46.4. The molecular formula is C39H32BN3O4. The van der Waals surface area contributed by atoms with Crippen LogP contribution in [0.25, 0.3) is 49.3 Å². The molecule has 9 rings (SSSR count). The maximum atomic E-state index is 9.53. The number of anilines is 1. The van der Waals surface area contributed by atoms with Gasteiger partial charge in [0.1, 0.15) is 13.2 Å². The van der Waals surface area contributed by atoms with Crippen LogP contribution < -0.4 is 10.7 Å². The number of rotatable bonds is 3. The summed E-state index contributed by atoms with van der Waals surface area (Å²) in [5, 5.41) is 25.3. The number of benzene rings is 6. The van der Waals surface area contributed by atoms with Gasteiger partial charge >= 0.3 is 7.12 Å². The molecule has 0 saturated carbocycles. The van der Waals surface area contributed by atoms with Gasteiger partial charge in [0, 0.05) is 50.9 Å². The first kappa shape index (κ1) is 29.1. The van der Waals surface area contributed by atoms with Crippen LogP contribution in [0.2, 0.25) is 0 Å². The van der Waals surface area contributed by atoms with Crippen molar-refractivity contribution in [1.82, 2.24) is 9.13 Å². The Labute approximate surface area is 272 Å². The summed E-state index contributed by atoms with van der Waals surface area (Å²) in [5.41, 5.74) is 8.84. The van der Waals surface area contributed by atoms with E-state index in [-0.39, 0.29) is 6.61 Å². The molecule has 2 aromatic heterocycles. The molecule has 1 aliphatic rings. The Morgan fingerprint density at radius 1 is 0.532 bits per heavy atom. The van der Waals surface area contributed by atoms with E-state index in [1.807, 2.05) is 42.5 Å². The number of hydrogen-bond donors (Lipinski definition) is 2. The van der Waals surface area contributed by atoms with Gasteiger partial charge in [-0.05, 0) is 41.9 Å². The van der Waals surface area contributed by atoms with E-state index < -0.39 is 7.12 Å². The molecule has 6 aromatic carbocycles. The van der Waals surface area contributed by atoms with Gasteiger partial charge in [0.05, 0.1) is 22.2 Å². The van der Waals surface area contributed by atoms with Crippen LogP contribution in [-0.2, 0) is 29.9 Å². The van der Waals surface area contributed by atoms with E-state index in [4.69, 9.17) is 9.68 Å². The van der Waals surface area contributed by atoms with Crippen LogP contribution in [0.4, 0.5) is 5.69 Å². The van der Waals surface area contributed by atoms with Gasteiger partial charge in [-0.25, -0.2) is 9.68 Å². The van der Waals surface area contributed by atoms with Gasteiger partial charge in [-0.15, -0.1) is 5.23 Å². The van der Waals surface area contributed by atoms with Crippen molar-refractivity contribution in [3.05, 3.63) is 151 Å². The number of nitrogens with zero attached hydrogens (tertiary/aromatic N) is 3. The van der Waals surface area contributed by atoms with Gasteiger partial charge in [-0.1, -0.05) is 103 Å². The highest BCUT2D eigenvalue weighted by atomic mass is 16.9. The highest BCUT2D eigenvalue weighted by molar-refractivity contribution is 6.58. The molecule has 8 aromatic rings. The largest absolute Gasteiger partial charge is 0.488 e. The fourth-order valence-corrected chi connectivity index (χ4v) is 6.81. The van der Waals surface area contributed by atoms with Crippen molar-refractivity contribution in [2.45, 2.75) is 13.2 Å².